The fourth-order valence-corrected chi connectivity index (χ4v) is 2.49. The minimum Gasteiger partial charge on any atom is -0.388 e. The van der Waals surface area contributed by atoms with Crippen LogP contribution in [-0.4, -0.2) is 5.11 Å². The molecule has 1 atom stereocenters. The lowest BCUT2D eigenvalue weighted by molar-refractivity contribution is 0.173. The summed E-state index contributed by atoms with van der Waals surface area (Å²) in [7, 11) is 0. The van der Waals surface area contributed by atoms with Crippen molar-refractivity contribution in [2.45, 2.75) is 26.4 Å². The third kappa shape index (κ3) is 3.43. The molecule has 0 aromatic heterocycles. The summed E-state index contributed by atoms with van der Waals surface area (Å²) in [6, 6.07) is 10.7. The fourth-order valence-electron chi connectivity index (χ4n) is 2.11. The summed E-state index contributed by atoms with van der Waals surface area (Å²) in [4.78, 5) is 0. The van der Waals surface area contributed by atoms with E-state index in [1.165, 1.54) is 6.07 Å². The first-order valence-electron chi connectivity index (χ1n) is 6.16. The van der Waals surface area contributed by atoms with Gasteiger partial charge >= 0.3 is 0 Å². The van der Waals surface area contributed by atoms with Crippen LogP contribution in [0, 0.1) is 19.7 Å². The predicted octanol–water partition coefficient (Wildman–Crippen LogP) is 4.48. The zero-order valence-electron chi connectivity index (χ0n) is 11.0. The normalized spacial score (nSPS) is 12.5. The van der Waals surface area contributed by atoms with Gasteiger partial charge in [-0.3, -0.25) is 0 Å². The molecule has 0 saturated heterocycles. The average molecular weight is 323 g/mol. The summed E-state index contributed by atoms with van der Waals surface area (Å²) in [6.07, 6.45) is -0.418. The Morgan fingerprint density at radius 1 is 1.16 bits per heavy atom. The highest BCUT2D eigenvalue weighted by Gasteiger charge is 2.15. The Morgan fingerprint density at radius 3 is 2.63 bits per heavy atom. The second-order valence-corrected chi connectivity index (χ2v) is 5.73. The molecule has 0 fully saturated rings. The largest absolute Gasteiger partial charge is 0.388 e. The van der Waals surface area contributed by atoms with Gasteiger partial charge in [-0.05, 0) is 43.2 Å². The number of benzene rings is 2. The van der Waals surface area contributed by atoms with Crippen molar-refractivity contribution >= 4 is 15.9 Å². The fraction of sp³-hybridized carbons (Fsp3) is 0.250. The van der Waals surface area contributed by atoms with Gasteiger partial charge in [0.15, 0.2) is 0 Å². The van der Waals surface area contributed by atoms with Crippen molar-refractivity contribution in [3.8, 4) is 0 Å². The average Bonchev–Trinajstić information content (AvgIpc) is 2.36. The van der Waals surface area contributed by atoms with Crippen LogP contribution in [0.1, 0.15) is 28.4 Å². The summed E-state index contributed by atoms with van der Waals surface area (Å²) in [5.74, 6) is -0.374. The molecule has 1 nitrogen and oxygen atoms in total. The van der Waals surface area contributed by atoms with Crippen molar-refractivity contribution in [2.24, 2.45) is 0 Å². The van der Waals surface area contributed by atoms with Crippen LogP contribution in [0.4, 0.5) is 4.39 Å². The van der Waals surface area contributed by atoms with Gasteiger partial charge in [-0.1, -0.05) is 39.7 Å². The smallest absolute Gasteiger partial charge is 0.129 e. The molecule has 3 heteroatoms. The van der Waals surface area contributed by atoms with Crippen molar-refractivity contribution in [1.82, 2.24) is 0 Å². The van der Waals surface area contributed by atoms with Gasteiger partial charge in [0, 0.05) is 16.5 Å². The van der Waals surface area contributed by atoms with Gasteiger partial charge < -0.3 is 5.11 Å². The second kappa shape index (κ2) is 5.85. The number of aliphatic hydroxyl groups excluding tert-OH is 1. The van der Waals surface area contributed by atoms with Gasteiger partial charge in [-0.15, -0.1) is 0 Å². The molecule has 1 unspecified atom stereocenters. The second-order valence-electron chi connectivity index (χ2n) is 4.82. The molecule has 2 aromatic carbocycles. The third-order valence-electron chi connectivity index (χ3n) is 3.23. The Hall–Kier alpha value is -1.19. The molecule has 0 amide bonds. The van der Waals surface area contributed by atoms with E-state index in [4.69, 9.17) is 0 Å². The molecule has 0 bridgehead atoms. The van der Waals surface area contributed by atoms with Crippen molar-refractivity contribution in [3.05, 3.63) is 68.9 Å². The van der Waals surface area contributed by atoms with Gasteiger partial charge in [0.1, 0.15) is 5.82 Å². The summed E-state index contributed by atoms with van der Waals surface area (Å²) >= 11 is 3.30. The Morgan fingerprint density at radius 2 is 1.89 bits per heavy atom. The summed E-state index contributed by atoms with van der Waals surface area (Å²) in [5.41, 5.74) is 3.63. The monoisotopic (exact) mass is 322 g/mol. The Labute approximate surface area is 121 Å². The standard InChI is InChI=1S/C16H16BrFO/c1-10-3-4-11(2)12(7-10)8-16(19)14-9-13(17)5-6-15(14)18/h3-7,9,16,19H,8H2,1-2H3. The van der Waals surface area contributed by atoms with E-state index in [0.717, 1.165) is 21.2 Å². The molecule has 0 heterocycles. The van der Waals surface area contributed by atoms with Gasteiger partial charge in [0.2, 0.25) is 0 Å². The van der Waals surface area contributed by atoms with Crippen LogP contribution >= 0.6 is 15.9 Å². The maximum atomic E-state index is 13.7. The SMILES string of the molecule is Cc1ccc(C)c(CC(O)c2cc(Br)ccc2F)c1. The van der Waals surface area contributed by atoms with Crippen molar-refractivity contribution < 1.29 is 9.50 Å². The minimum atomic E-state index is -0.835. The van der Waals surface area contributed by atoms with Gasteiger partial charge in [0.25, 0.3) is 0 Å². The first-order chi connectivity index (χ1) is 8.97. The van der Waals surface area contributed by atoms with Gasteiger partial charge in [0.05, 0.1) is 6.10 Å². The maximum Gasteiger partial charge on any atom is 0.129 e. The van der Waals surface area contributed by atoms with E-state index in [1.54, 1.807) is 12.1 Å². The molecular weight excluding hydrogens is 307 g/mol. The molecule has 0 radical (unpaired) electrons. The Bertz CT molecular complexity index is 595. The van der Waals surface area contributed by atoms with E-state index in [2.05, 4.69) is 15.9 Å². The van der Waals surface area contributed by atoms with Gasteiger partial charge in [-0.25, -0.2) is 4.39 Å². The Kier molecular flexibility index (Phi) is 4.38. The van der Waals surface area contributed by atoms with Crippen molar-refractivity contribution in [2.75, 3.05) is 0 Å². The zero-order chi connectivity index (χ0) is 14.0. The number of hydrogen-bond acceptors (Lipinski definition) is 1. The van der Waals surface area contributed by atoms with Crippen molar-refractivity contribution in [3.63, 3.8) is 0 Å². The van der Waals surface area contributed by atoms with E-state index in [9.17, 15) is 9.50 Å². The molecule has 0 spiro atoms. The topological polar surface area (TPSA) is 20.2 Å². The first kappa shape index (κ1) is 14.2. The molecule has 0 aliphatic rings. The van der Waals surface area contributed by atoms with Crippen LogP contribution in [-0.2, 0) is 6.42 Å². The first-order valence-corrected chi connectivity index (χ1v) is 6.96. The maximum absolute atomic E-state index is 13.7. The molecule has 0 saturated carbocycles. The van der Waals surface area contributed by atoms with E-state index < -0.39 is 6.10 Å². The molecule has 19 heavy (non-hydrogen) atoms. The summed E-state index contributed by atoms with van der Waals surface area (Å²) < 4.78 is 14.5. The lowest BCUT2D eigenvalue weighted by Crippen LogP contribution is -2.06. The van der Waals surface area contributed by atoms with Gasteiger partial charge in [-0.2, -0.15) is 0 Å². The third-order valence-corrected chi connectivity index (χ3v) is 3.73. The number of hydrogen-bond donors (Lipinski definition) is 1. The van der Waals surface area contributed by atoms with Crippen LogP contribution in [0.15, 0.2) is 40.9 Å². The number of aliphatic hydroxyl groups is 1. The van der Waals surface area contributed by atoms with Crippen LogP contribution in [0.3, 0.4) is 0 Å². The van der Waals surface area contributed by atoms with Crippen LogP contribution in [0.2, 0.25) is 0 Å². The highest BCUT2D eigenvalue weighted by molar-refractivity contribution is 9.10. The quantitative estimate of drug-likeness (QED) is 0.883. The van der Waals surface area contributed by atoms with Crippen molar-refractivity contribution in [1.29, 1.82) is 0 Å². The lowest BCUT2D eigenvalue weighted by atomic mass is 9.96. The highest BCUT2D eigenvalue weighted by atomic mass is 79.9. The molecule has 2 rings (SSSR count). The highest BCUT2D eigenvalue weighted by Crippen LogP contribution is 2.26. The molecule has 0 aliphatic carbocycles. The molecule has 0 aliphatic heterocycles. The van der Waals surface area contributed by atoms with Crippen LogP contribution < -0.4 is 0 Å². The van der Waals surface area contributed by atoms with Crippen LogP contribution in [0.5, 0.6) is 0 Å². The number of halogens is 2. The molecular formula is C16H16BrFO. The summed E-state index contributed by atoms with van der Waals surface area (Å²) in [6.45, 7) is 4.01. The Balaban J connectivity index is 2.27. The van der Waals surface area contributed by atoms with Crippen LogP contribution in [0.25, 0.3) is 0 Å². The molecule has 2 aromatic rings. The lowest BCUT2D eigenvalue weighted by Gasteiger charge is -2.14. The van der Waals surface area contributed by atoms with E-state index in [0.29, 0.717) is 12.0 Å². The van der Waals surface area contributed by atoms with E-state index in [-0.39, 0.29) is 5.82 Å². The molecule has 1 N–H and O–H groups in total. The number of rotatable bonds is 3. The minimum absolute atomic E-state index is 0.329. The van der Waals surface area contributed by atoms with E-state index in [1.807, 2.05) is 32.0 Å². The predicted molar refractivity (Wildman–Crippen MR) is 78.7 cm³/mol. The summed E-state index contributed by atoms with van der Waals surface area (Å²) in [5, 5.41) is 10.2. The molecule has 100 valence electrons. The number of aryl methyl sites for hydroxylation is 2. The zero-order valence-corrected chi connectivity index (χ0v) is 12.5. The van der Waals surface area contributed by atoms with E-state index >= 15 is 0 Å².